The van der Waals surface area contributed by atoms with Crippen molar-refractivity contribution in [3.05, 3.63) is 104 Å². The van der Waals surface area contributed by atoms with Crippen LogP contribution >= 0.6 is 23.1 Å². The maximum atomic E-state index is 13.9. The molecule has 0 bridgehead atoms. The summed E-state index contributed by atoms with van der Waals surface area (Å²) in [6.45, 7) is -0.668. The molecule has 1 fully saturated rings. The van der Waals surface area contributed by atoms with Gasteiger partial charge in [-0.05, 0) is 42.5 Å². The van der Waals surface area contributed by atoms with Gasteiger partial charge in [0.25, 0.3) is 0 Å². The highest BCUT2D eigenvalue weighted by atomic mass is 32.2. The standard InChI is InChI=1S/C30H19F6N3O5S2/c31-29(32,33)14-5-3-7-16(11-14)37-20(41)13-38-27-24(46-28(38)44)21(18-9-1-2-10-19(18)40)22-23(45-27)26(43)39(25(22)42)17-8-4-6-15(12-17)30(34,35)36/h1-12,21-23,40H,13H2,(H,37,41)/t21-,22?,23?/m0/s1. The number of carbonyl (C=O) groups is 3. The Hall–Kier alpha value is -4.57. The molecular formula is C30H19F6N3O5S2. The second kappa shape index (κ2) is 11.3. The van der Waals surface area contributed by atoms with Crippen LogP contribution in [0.25, 0.3) is 0 Å². The van der Waals surface area contributed by atoms with Crippen molar-refractivity contribution in [3.63, 3.8) is 0 Å². The van der Waals surface area contributed by atoms with Crippen LogP contribution in [0.2, 0.25) is 0 Å². The Bertz CT molecular complexity index is 1950. The summed E-state index contributed by atoms with van der Waals surface area (Å²) >= 11 is 1.44. The fraction of sp³-hybridized carbons (Fsp3) is 0.200. The zero-order valence-corrected chi connectivity index (χ0v) is 24.6. The molecule has 0 radical (unpaired) electrons. The Labute approximate surface area is 263 Å². The van der Waals surface area contributed by atoms with E-state index in [0.717, 1.165) is 46.7 Å². The van der Waals surface area contributed by atoms with Gasteiger partial charge in [0.05, 0.1) is 27.8 Å². The maximum absolute atomic E-state index is 13.9. The molecule has 4 aromatic rings. The Balaban J connectivity index is 1.39. The summed E-state index contributed by atoms with van der Waals surface area (Å²) in [6, 6.07) is 13.5. The van der Waals surface area contributed by atoms with E-state index in [-0.39, 0.29) is 32.6 Å². The molecule has 238 valence electrons. The number of halogens is 6. The molecule has 0 saturated carbocycles. The number of thiazole rings is 1. The fourth-order valence-electron chi connectivity index (χ4n) is 5.53. The highest BCUT2D eigenvalue weighted by Gasteiger charge is 2.57. The average molecular weight is 680 g/mol. The van der Waals surface area contributed by atoms with Crippen LogP contribution in [-0.4, -0.2) is 32.6 Å². The van der Waals surface area contributed by atoms with Gasteiger partial charge in [-0.15, -0.1) is 0 Å². The zero-order chi connectivity index (χ0) is 33.1. The van der Waals surface area contributed by atoms with Gasteiger partial charge < -0.3 is 10.4 Å². The lowest BCUT2D eigenvalue weighted by atomic mass is 9.82. The number of nitrogens with zero attached hydrogens (tertiary/aromatic N) is 2. The van der Waals surface area contributed by atoms with Crippen LogP contribution in [0, 0.1) is 5.92 Å². The van der Waals surface area contributed by atoms with Crippen molar-refractivity contribution < 1.29 is 45.8 Å². The van der Waals surface area contributed by atoms with E-state index in [1.807, 2.05) is 0 Å². The molecule has 8 nitrogen and oxygen atoms in total. The lowest BCUT2D eigenvalue weighted by Crippen LogP contribution is -2.33. The maximum Gasteiger partial charge on any atom is 0.416 e. The molecule has 3 amide bonds. The monoisotopic (exact) mass is 679 g/mol. The van der Waals surface area contributed by atoms with Gasteiger partial charge in [0.1, 0.15) is 17.5 Å². The van der Waals surface area contributed by atoms with Crippen molar-refractivity contribution in [2.24, 2.45) is 5.92 Å². The minimum absolute atomic E-state index is 0.107. The number of nitrogens with one attached hydrogen (secondary N) is 1. The first-order valence-corrected chi connectivity index (χ1v) is 15.0. The second-order valence-corrected chi connectivity index (χ2v) is 12.5. The number of imide groups is 1. The number of para-hydroxylation sites is 1. The topological polar surface area (TPSA) is 109 Å². The van der Waals surface area contributed by atoms with Crippen LogP contribution in [-0.2, 0) is 33.3 Å². The molecule has 2 aliphatic rings. The molecule has 2 aliphatic heterocycles. The highest BCUT2D eigenvalue weighted by Crippen LogP contribution is 2.55. The summed E-state index contributed by atoms with van der Waals surface area (Å²) in [5, 5.41) is 11.9. The van der Waals surface area contributed by atoms with Crippen molar-refractivity contribution in [1.82, 2.24) is 4.57 Å². The predicted octanol–water partition coefficient (Wildman–Crippen LogP) is 6.09. The van der Waals surface area contributed by atoms with Gasteiger partial charge in [-0.25, -0.2) is 4.90 Å². The third-order valence-electron chi connectivity index (χ3n) is 7.53. The molecule has 3 aromatic carbocycles. The van der Waals surface area contributed by atoms with Gasteiger partial charge in [0.15, 0.2) is 0 Å². The number of phenolic OH excluding ortho intramolecular Hbond substituents is 1. The number of aromatic hydroxyl groups is 1. The average Bonchev–Trinajstić information content (AvgIpc) is 3.43. The number of amides is 3. The minimum Gasteiger partial charge on any atom is -0.508 e. The molecule has 3 heterocycles. The summed E-state index contributed by atoms with van der Waals surface area (Å²) in [6.07, 6.45) is -9.42. The Morgan fingerprint density at radius 3 is 2.17 bits per heavy atom. The van der Waals surface area contributed by atoms with Crippen molar-refractivity contribution >= 4 is 52.2 Å². The highest BCUT2D eigenvalue weighted by molar-refractivity contribution is 8.00. The van der Waals surface area contributed by atoms with Crippen LogP contribution in [0.5, 0.6) is 5.75 Å². The van der Waals surface area contributed by atoms with Crippen molar-refractivity contribution in [2.75, 3.05) is 10.2 Å². The Kier molecular flexibility index (Phi) is 7.75. The van der Waals surface area contributed by atoms with Gasteiger partial charge in [-0.1, -0.05) is 53.4 Å². The molecule has 1 aromatic heterocycles. The van der Waals surface area contributed by atoms with Crippen LogP contribution in [0.1, 0.15) is 27.5 Å². The van der Waals surface area contributed by atoms with E-state index in [0.29, 0.717) is 22.3 Å². The van der Waals surface area contributed by atoms with Crippen molar-refractivity contribution in [2.45, 2.75) is 35.1 Å². The van der Waals surface area contributed by atoms with Gasteiger partial charge in [0.2, 0.25) is 17.7 Å². The third-order valence-corrected chi connectivity index (χ3v) is 10.1. The number of anilines is 2. The number of hydrogen-bond acceptors (Lipinski definition) is 7. The van der Waals surface area contributed by atoms with Crippen LogP contribution in [0.3, 0.4) is 0 Å². The number of thioether (sulfide) groups is 1. The Morgan fingerprint density at radius 1 is 0.848 bits per heavy atom. The van der Waals surface area contributed by atoms with Crippen LogP contribution in [0.15, 0.2) is 82.6 Å². The van der Waals surface area contributed by atoms with Gasteiger partial charge in [0, 0.05) is 22.0 Å². The summed E-state index contributed by atoms with van der Waals surface area (Å²) in [4.78, 5) is 54.1. The number of hydrogen-bond donors (Lipinski definition) is 2. The van der Waals surface area contributed by atoms with Crippen molar-refractivity contribution in [1.29, 1.82) is 0 Å². The van der Waals surface area contributed by atoms with Crippen molar-refractivity contribution in [3.8, 4) is 5.75 Å². The smallest absolute Gasteiger partial charge is 0.416 e. The normalized spacial score (nSPS) is 19.6. The second-order valence-electron chi connectivity index (χ2n) is 10.4. The molecule has 0 spiro atoms. The quantitative estimate of drug-likeness (QED) is 0.195. The summed E-state index contributed by atoms with van der Waals surface area (Å²) < 4.78 is 80.9. The van der Waals surface area contributed by atoms with E-state index in [9.17, 15) is 50.6 Å². The van der Waals surface area contributed by atoms with E-state index in [2.05, 4.69) is 5.32 Å². The number of phenols is 1. The van der Waals surface area contributed by atoms with E-state index >= 15 is 0 Å². The number of carbonyl (C=O) groups excluding carboxylic acids is 3. The first-order valence-electron chi connectivity index (χ1n) is 13.4. The zero-order valence-electron chi connectivity index (χ0n) is 22.9. The molecule has 3 atom stereocenters. The summed E-state index contributed by atoms with van der Waals surface area (Å²) in [5.41, 5.74) is -2.39. The fourth-order valence-corrected chi connectivity index (χ4v) is 8.30. The lowest BCUT2D eigenvalue weighted by molar-refractivity contribution is -0.138. The van der Waals surface area contributed by atoms with E-state index in [1.54, 1.807) is 6.07 Å². The molecule has 6 rings (SSSR count). The number of aromatic nitrogens is 1. The molecule has 46 heavy (non-hydrogen) atoms. The molecule has 16 heteroatoms. The summed E-state index contributed by atoms with van der Waals surface area (Å²) in [7, 11) is 0. The number of benzene rings is 3. The van der Waals surface area contributed by atoms with E-state index in [1.165, 1.54) is 30.3 Å². The first-order chi connectivity index (χ1) is 21.6. The van der Waals surface area contributed by atoms with Gasteiger partial charge in [-0.3, -0.25) is 23.7 Å². The van der Waals surface area contributed by atoms with Gasteiger partial charge >= 0.3 is 17.2 Å². The van der Waals surface area contributed by atoms with E-state index < -0.39 is 69.7 Å². The molecule has 2 N–H and O–H groups in total. The van der Waals surface area contributed by atoms with Crippen LogP contribution < -0.4 is 15.1 Å². The number of alkyl halides is 6. The number of fused-ring (bicyclic) bond motifs is 2. The molecular weight excluding hydrogens is 660 g/mol. The predicted molar refractivity (Wildman–Crippen MR) is 156 cm³/mol. The van der Waals surface area contributed by atoms with Gasteiger partial charge in [-0.2, -0.15) is 26.3 Å². The molecule has 0 aliphatic carbocycles. The largest absolute Gasteiger partial charge is 0.508 e. The summed E-state index contributed by atoms with van der Waals surface area (Å²) in [5.74, 6) is -5.15. The Morgan fingerprint density at radius 2 is 1.50 bits per heavy atom. The first kappa shape index (κ1) is 31.4. The lowest BCUT2D eigenvalue weighted by Gasteiger charge is -2.31. The van der Waals surface area contributed by atoms with Crippen LogP contribution in [0.4, 0.5) is 37.7 Å². The number of rotatable bonds is 5. The SMILES string of the molecule is O=C(Cn1c2c(sc1=O)[C@@H](c1ccccc1O)C1C(=O)N(c3cccc(C(F)(F)F)c3)C(=O)C1S2)Nc1cccc(C(F)(F)F)c1. The van der Waals surface area contributed by atoms with E-state index in [4.69, 9.17) is 0 Å². The molecule has 2 unspecified atom stereocenters. The minimum atomic E-state index is -4.75. The molecule has 1 saturated heterocycles. The third kappa shape index (κ3) is 5.55.